The van der Waals surface area contributed by atoms with E-state index in [4.69, 9.17) is 19.9 Å². The van der Waals surface area contributed by atoms with Crippen molar-refractivity contribution in [1.29, 1.82) is 5.26 Å². The van der Waals surface area contributed by atoms with Crippen molar-refractivity contribution in [1.82, 2.24) is 24.5 Å². The summed E-state index contributed by atoms with van der Waals surface area (Å²) in [5.74, 6) is 0. The average Bonchev–Trinajstić information content (AvgIpc) is 1.57. The molecule has 0 amide bonds. The summed E-state index contributed by atoms with van der Waals surface area (Å²) in [5, 5.41) is 19.0. The second-order valence-corrected chi connectivity index (χ2v) is 34.4. The Kier molecular flexibility index (Phi) is 16.0. The first-order valence-electron chi connectivity index (χ1n) is 41.8. The molecule has 2 aliphatic carbocycles. The average molecular weight is 1600 g/mol. The number of fused-ring (bicyclic) bond motifs is 30. The molecule has 2 aliphatic heterocycles. The lowest BCUT2D eigenvalue weighted by atomic mass is 9.67. The molecule has 2 spiro atoms. The number of nitriles is 1. The molecule has 0 atom stereocenters. The van der Waals surface area contributed by atoms with E-state index in [0.717, 1.165) is 138 Å². The van der Waals surface area contributed by atoms with E-state index in [1.54, 1.807) is 0 Å². The minimum Gasteiger partial charge on any atom is -0.309 e. The largest absolute Gasteiger partial charge is 0.309 e. The molecule has 18 aromatic carbocycles. The van der Waals surface area contributed by atoms with E-state index in [2.05, 4.69) is 399 Å². The summed E-state index contributed by atoms with van der Waals surface area (Å²) in [4.78, 5) is 26.7. The Morgan fingerprint density at radius 3 is 1.07 bits per heavy atom. The molecule has 4 aliphatic rings. The van der Waals surface area contributed by atoms with Gasteiger partial charge in [0.25, 0.3) is 0 Å². The van der Waals surface area contributed by atoms with Gasteiger partial charge in [0.2, 0.25) is 0 Å². The van der Waals surface area contributed by atoms with Crippen LogP contribution in [0.3, 0.4) is 0 Å². The molecule has 6 nitrogen and oxygen atoms in total. The Morgan fingerprint density at radius 2 is 0.593 bits per heavy atom. The summed E-state index contributed by atoms with van der Waals surface area (Å²) in [6.45, 7) is 0. The van der Waals surface area contributed by atoms with Crippen molar-refractivity contribution in [2.75, 3.05) is 0 Å². The quantitative estimate of drug-likeness (QED) is 0.147. The molecule has 22 aromatic rings. The number of para-hydroxylation sites is 1. The maximum absolute atomic E-state index is 9.66. The van der Waals surface area contributed by atoms with Crippen LogP contribution >= 0.6 is 23.5 Å². The molecule has 0 saturated carbocycles. The lowest BCUT2D eigenvalue weighted by Gasteiger charge is -2.40. The first-order chi connectivity index (χ1) is 60.9. The fraction of sp³-hybridized carbons (Fsp3) is 0.0174. The molecule has 0 fully saturated rings. The lowest BCUT2D eigenvalue weighted by molar-refractivity contribution is 0.726. The van der Waals surface area contributed by atoms with Crippen LogP contribution in [0.2, 0.25) is 0 Å². The normalized spacial score (nSPS) is 13.3. The van der Waals surface area contributed by atoms with Crippen molar-refractivity contribution in [3.8, 4) is 101 Å². The summed E-state index contributed by atoms with van der Waals surface area (Å²) in [5.41, 5.74) is 34.9. The molecule has 0 saturated heterocycles. The summed E-state index contributed by atoms with van der Waals surface area (Å²) < 4.78 is 2.29. The number of aromatic nitrogens is 5. The van der Waals surface area contributed by atoms with E-state index in [9.17, 15) is 5.26 Å². The second-order valence-electron chi connectivity index (χ2n) is 32.3. The Hall–Kier alpha value is -15.4. The first-order valence-corrected chi connectivity index (χ1v) is 43.4. The summed E-state index contributed by atoms with van der Waals surface area (Å²) >= 11 is 3.80. The summed E-state index contributed by atoms with van der Waals surface area (Å²) in [6.07, 6.45) is 0. The summed E-state index contributed by atoms with van der Waals surface area (Å²) in [7, 11) is 0. The molecule has 0 unspecified atom stereocenters. The molecule has 0 radical (unpaired) electrons. The van der Waals surface area contributed by atoms with Gasteiger partial charge in [0, 0.05) is 90.6 Å². The van der Waals surface area contributed by atoms with Gasteiger partial charge in [0.05, 0.1) is 78.3 Å². The van der Waals surface area contributed by atoms with Crippen LogP contribution in [0.15, 0.2) is 432 Å². The van der Waals surface area contributed by atoms with Crippen LogP contribution in [0.1, 0.15) is 50.1 Å². The van der Waals surface area contributed by atoms with E-state index in [1.165, 1.54) is 97.1 Å². The predicted octanol–water partition coefficient (Wildman–Crippen LogP) is 29.3. The number of hydrogen-bond acceptors (Lipinski definition) is 7. The van der Waals surface area contributed by atoms with Gasteiger partial charge in [0.1, 0.15) is 0 Å². The second kappa shape index (κ2) is 27.9. The van der Waals surface area contributed by atoms with Crippen LogP contribution < -0.4 is 0 Å². The third kappa shape index (κ3) is 10.6. The Morgan fingerprint density at radius 1 is 0.236 bits per heavy atom. The molecule has 570 valence electrons. The van der Waals surface area contributed by atoms with Gasteiger partial charge in [-0.15, -0.1) is 0 Å². The first kappa shape index (κ1) is 70.6. The Bertz CT molecular complexity index is 8170. The smallest absolute Gasteiger partial charge is 0.0991 e. The Labute approximate surface area is 718 Å². The van der Waals surface area contributed by atoms with Gasteiger partial charge in [-0.1, -0.05) is 363 Å². The maximum Gasteiger partial charge on any atom is 0.0991 e. The van der Waals surface area contributed by atoms with Gasteiger partial charge < -0.3 is 4.57 Å². The van der Waals surface area contributed by atoms with E-state index >= 15 is 0 Å². The zero-order valence-electron chi connectivity index (χ0n) is 66.3. The SMILES string of the molecule is N#Cc1ccc2c(c1)c1ccccc1n2-c1ccc(-c2ccc3c(c2)nc(-c2ccccc2)c2ccc4c(c23)Sc2ccccc2C42c3ccccc3-c3ccccc32)cc1.c1ccc(-c2nc3ccc(-c4ccc5c(c4)nc(-c4ccccc4)c4ccc6c(c45)Sc4ccccc4C64c5ccccc5-c5ccccc54)cc3nc2-c2ccccc2)cc1. The summed E-state index contributed by atoms with van der Waals surface area (Å²) in [6, 6.07) is 151. The highest BCUT2D eigenvalue weighted by molar-refractivity contribution is 8.00. The number of benzene rings is 18. The van der Waals surface area contributed by atoms with E-state index in [0.29, 0.717) is 5.56 Å². The zero-order valence-corrected chi connectivity index (χ0v) is 67.9. The molecule has 0 bridgehead atoms. The van der Waals surface area contributed by atoms with Gasteiger partial charge >= 0.3 is 0 Å². The topological polar surface area (TPSA) is 80.3 Å². The molecule has 8 heteroatoms. The predicted molar refractivity (Wildman–Crippen MR) is 506 cm³/mol. The zero-order chi connectivity index (χ0) is 81.0. The van der Waals surface area contributed by atoms with Crippen LogP contribution in [0.5, 0.6) is 0 Å². The molecular weight excluding hydrogens is 1530 g/mol. The van der Waals surface area contributed by atoms with E-state index in [1.807, 2.05) is 47.8 Å². The van der Waals surface area contributed by atoms with Crippen molar-refractivity contribution in [3.05, 3.63) is 463 Å². The van der Waals surface area contributed by atoms with Crippen molar-refractivity contribution in [3.63, 3.8) is 0 Å². The monoisotopic (exact) mass is 1600 g/mol. The van der Waals surface area contributed by atoms with Crippen molar-refractivity contribution < 1.29 is 0 Å². The van der Waals surface area contributed by atoms with Gasteiger partial charge in [0.15, 0.2) is 0 Å². The van der Waals surface area contributed by atoms with E-state index in [-0.39, 0.29) is 0 Å². The van der Waals surface area contributed by atoms with Crippen molar-refractivity contribution >= 4 is 99.7 Å². The Balaban J connectivity index is 0.000000135. The van der Waals surface area contributed by atoms with Gasteiger partial charge in [-0.3, -0.25) is 0 Å². The van der Waals surface area contributed by atoms with Gasteiger partial charge in [-0.2, -0.15) is 5.26 Å². The molecule has 123 heavy (non-hydrogen) atoms. The number of nitrogens with zero attached hydrogens (tertiary/aromatic N) is 6. The number of rotatable bonds is 7. The molecule has 4 aromatic heterocycles. The highest BCUT2D eigenvalue weighted by Crippen LogP contribution is 2.66. The highest BCUT2D eigenvalue weighted by atomic mass is 32.2. The standard InChI is InChI=1S/C58H35N3S.C57H33N3S/c1-4-16-36(17-5-1)54-44-31-32-48-57(62-52-27-15-14-26-47(52)58(48)45-24-12-10-22-41(45)42-23-11-13-25-46(42)58)53(44)43-30-28-39(34-50(43)60-54)40-29-33-49-51(35-40)61-56(38-20-8-3-9-21-38)55(59-49)37-18-6-2-7-19-37;58-34-35-22-31-52-45(32-35)42-16-6-10-20-51(42)60(52)39-26-23-36(24-27-39)38-25-28-43-50(33-38)59-55(37-12-2-1-3-13-37)44-29-30-49-56(54(43)44)61-53-21-11-9-19-48(53)57(49)46-17-7-4-14-40(46)41-15-5-8-18-47(41)57/h1-35H;1-33H. The minimum atomic E-state index is -0.466. The van der Waals surface area contributed by atoms with Crippen LogP contribution in [0.25, 0.3) is 171 Å². The third-order valence-electron chi connectivity index (χ3n) is 26.0. The van der Waals surface area contributed by atoms with Crippen LogP contribution in [0, 0.1) is 11.3 Å². The highest BCUT2D eigenvalue weighted by Gasteiger charge is 2.52. The molecular formula is C115H68N6S2. The maximum atomic E-state index is 9.66. The van der Waals surface area contributed by atoms with Crippen molar-refractivity contribution in [2.45, 2.75) is 30.4 Å². The van der Waals surface area contributed by atoms with Crippen LogP contribution in [-0.2, 0) is 10.8 Å². The molecule has 26 rings (SSSR count). The number of hydrogen-bond donors (Lipinski definition) is 0. The van der Waals surface area contributed by atoms with Gasteiger partial charge in [-0.05, 0) is 162 Å². The number of pyridine rings is 2. The molecule has 6 heterocycles. The molecule has 0 N–H and O–H groups in total. The fourth-order valence-electron chi connectivity index (χ4n) is 20.7. The van der Waals surface area contributed by atoms with E-state index < -0.39 is 10.8 Å². The fourth-order valence-corrected chi connectivity index (χ4v) is 23.4. The third-order valence-corrected chi connectivity index (χ3v) is 28.4. The minimum absolute atomic E-state index is 0.461. The lowest BCUT2D eigenvalue weighted by Crippen LogP contribution is -2.32. The van der Waals surface area contributed by atoms with Gasteiger partial charge in [-0.25, -0.2) is 19.9 Å². The van der Waals surface area contributed by atoms with Crippen LogP contribution in [-0.4, -0.2) is 24.5 Å². The van der Waals surface area contributed by atoms with Crippen molar-refractivity contribution in [2.24, 2.45) is 0 Å². The van der Waals surface area contributed by atoms with Crippen LogP contribution in [0.4, 0.5) is 0 Å².